The summed E-state index contributed by atoms with van der Waals surface area (Å²) in [5, 5.41) is 0. The van der Waals surface area contributed by atoms with Gasteiger partial charge < -0.3 is 14.2 Å². The Morgan fingerprint density at radius 2 is 1.63 bits per heavy atom. The molecule has 2 aromatic rings. The van der Waals surface area contributed by atoms with Gasteiger partial charge in [-0.3, -0.25) is 0 Å². The predicted molar refractivity (Wildman–Crippen MR) is 121 cm³/mol. The molecule has 148 valence electrons. The van der Waals surface area contributed by atoms with Gasteiger partial charge in [-0.2, -0.15) is 4.57 Å². The third-order valence-corrected chi connectivity index (χ3v) is 4.40. The van der Waals surface area contributed by atoms with Crippen molar-refractivity contribution in [3.63, 3.8) is 0 Å². The van der Waals surface area contributed by atoms with E-state index in [4.69, 9.17) is 14.2 Å². The molecule has 4 nitrogen and oxygen atoms in total. The molecule has 0 fully saturated rings. The number of hydrogen-bond acceptors (Lipinski definition) is 3. The standard InChI is InChI=1S/C22H30NO3.HI/c1-5-6-7-9-16-23-17-10-8-11-19(23)14-12-18-13-15-20(24-2)22(26-4)21(18)25-3;/h8,10-15,17H,5-7,9,16H2,1-4H3;1H/q+1;/b14-12+;. The largest absolute Gasteiger partial charge is 0.493 e. The smallest absolute Gasteiger partial charge is 0.205 e. The summed E-state index contributed by atoms with van der Waals surface area (Å²) < 4.78 is 18.7. The average molecular weight is 484 g/mol. The third-order valence-electron chi connectivity index (χ3n) is 4.40. The second-order valence-corrected chi connectivity index (χ2v) is 6.14. The van der Waals surface area contributed by atoms with Crippen LogP contribution in [-0.2, 0) is 6.54 Å². The summed E-state index contributed by atoms with van der Waals surface area (Å²) in [6.45, 7) is 3.27. The zero-order chi connectivity index (χ0) is 18.8. The highest BCUT2D eigenvalue weighted by atomic mass is 127. The Kier molecular flexibility index (Phi) is 10.9. The number of aryl methyl sites for hydroxylation is 1. The van der Waals surface area contributed by atoms with Gasteiger partial charge in [-0.25, -0.2) is 0 Å². The Hall–Kier alpha value is -1.76. The maximum Gasteiger partial charge on any atom is 0.205 e. The van der Waals surface area contributed by atoms with Crippen molar-refractivity contribution in [2.45, 2.75) is 39.2 Å². The molecule has 0 bridgehead atoms. The Morgan fingerprint density at radius 1 is 0.852 bits per heavy atom. The van der Waals surface area contributed by atoms with Crippen LogP contribution in [-0.4, -0.2) is 21.3 Å². The summed E-state index contributed by atoms with van der Waals surface area (Å²) in [7, 11) is 4.89. The van der Waals surface area contributed by atoms with Crippen molar-refractivity contribution in [3.05, 3.63) is 47.8 Å². The molecule has 1 aromatic heterocycles. The number of unbranched alkanes of at least 4 members (excludes halogenated alkanes) is 3. The number of ether oxygens (including phenoxy) is 3. The van der Waals surface area contributed by atoms with Crippen LogP contribution >= 0.6 is 24.0 Å². The van der Waals surface area contributed by atoms with Gasteiger partial charge >= 0.3 is 0 Å². The first-order valence-electron chi connectivity index (χ1n) is 9.20. The fourth-order valence-electron chi connectivity index (χ4n) is 2.98. The number of benzene rings is 1. The minimum atomic E-state index is 0. The van der Waals surface area contributed by atoms with E-state index in [0.717, 1.165) is 12.1 Å². The van der Waals surface area contributed by atoms with Crippen molar-refractivity contribution < 1.29 is 18.8 Å². The van der Waals surface area contributed by atoms with Gasteiger partial charge in [-0.05, 0) is 30.7 Å². The molecule has 0 atom stereocenters. The Bertz CT molecular complexity index is 731. The number of methoxy groups -OCH3 is 3. The molecular formula is C22H31INO3+. The van der Waals surface area contributed by atoms with Crippen LogP contribution in [0, 0.1) is 0 Å². The minimum absolute atomic E-state index is 0. The molecule has 27 heavy (non-hydrogen) atoms. The lowest BCUT2D eigenvalue weighted by Crippen LogP contribution is -2.36. The molecular weight excluding hydrogens is 453 g/mol. The van der Waals surface area contributed by atoms with Crippen molar-refractivity contribution in [2.24, 2.45) is 0 Å². The maximum atomic E-state index is 5.56. The molecule has 5 heteroatoms. The number of halogens is 1. The number of hydrogen-bond donors (Lipinski definition) is 0. The SMILES string of the molecule is CCCCCC[n+]1ccccc1/C=C/c1ccc(OC)c(OC)c1OC.I. The van der Waals surface area contributed by atoms with Crippen LogP contribution in [0.2, 0.25) is 0 Å². The quantitative estimate of drug-likeness (QED) is 0.258. The average Bonchev–Trinajstić information content (AvgIpc) is 2.69. The maximum absolute atomic E-state index is 5.56. The van der Waals surface area contributed by atoms with E-state index in [1.807, 2.05) is 12.1 Å². The van der Waals surface area contributed by atoms with E-state index in [1.54, 1.807) is 21.3 Å². The molecule has 0 radical (unpaired) electrons. The van der Waals surface area contributed by atoms with Gasteiger partial charge in [0.1, 0.15) is 6.54 Å². The first-order valence-corrected chi connectivity index (χ1v) is 9.20. The molecule has 2 rings (SSSR count). The topological polar surface area (TPSA) is 31.6 Å². The highest BCUT2D eigenvalue weighted by molar-refractivity contribution is 14.0. The molecule has 0 saturated carbocycles. The lowest BCUT2D eigenvalue weighted by atomic mass is 10.1. The van der Waals surface area contributed by atoms with E-state index in [-0.39, 0.29) is 24.0 Å². The molecule has 0 aliphatic heterocycles. The van der Waals surface area contributed by atoms with Crippen molar-refractivity contribution in [3.8, 4) is 17.2 Å². The summed E-state index contributed by atoms with van der Waals surface area (Å²) in [6.07, 6.45) is 11.3. The van der Waals surface area contributed by atoms with E-state index in [2.05, 4.69) is 48.0 Å². The van der Waals surface area contributed by atoms with E-state index in [0.29, 0.717) is 17.2 Å². The van der Waals surface area contributed by atoms with E-state index in [9.17, 15) is 0 Å². The van der Waals surface area contributed by atoms with Gasteiger partial charge in [0.25, 0.3) is 0 Å². The number of rotatable bonds is 10. The van der Waals surface area contributed by atoms with Crippen LogP contribution in [0.5, 0.6) is 17.2 Å². The second kappa shape index (κ2) is 12.6. The van der Waals surface area contributed by atoms with Gasteiger partial charge in [0.2, 0.25) is 11.4 Å². The van der Waals surface area contributed by atoms with Crippen molar-refractivity contribution >= 4 is 36.1 Å². The minimum Gasteiger partial charge on any atom is -0.493 e. The van der Waals surface area contributed by atoms with Crippen LogP contribution < -0.4 is 18.8 Å². The molecule has 0 saturated heterocycles. The fourth-order valence-corrected chi connectivity index (χ4v) is 2.98. The summed E-state index contributed by atoms with van der Waals surface area (Å²) in [5.74, 6) is 1.94. The number of nitrogens with zero attached hydrogens (tertiary/aromatic N) is 1. The van der Waals surface area contributed by atoms with Gasteiger partial charge in [-0.15, -0.1) is 24.0 Å². The summed E-state index contributed by atoms with van der Waals surface area (Å²) in [4.78, 5) is 0. The van der Waals surface area contributed by atoms with E-state index < -0.39 is 0 Å². The summed E-state index contributed by atoms with van der Waals surface area (Å²) in [6, 6.07) is 10.1. The molecule has 0 spiro atoms. The molecule has 1 heterocycles. The second-order valence-electron chi connectivity index (χ2n) is 6.14. The number of pyridine rings is 1. The number of aromatic nitrogens is 1. The Labute approximate surface area is 180 Å². The van der Waals surface area contributed by atoms with Crippen LogP contribution in [0.15, 0.2) is 36.5 Å². The Balaban J connectivity index is 0.00000364. The van der Waals surface area contributed by atoms with Crippen molar-refractivity contribution in [1.82, 2.24) is 0 Å². The first-order chi connectivity index (χ1) is 12.7. The van der Waals surface area contributed by atoms with Crippen LogP contribution in [0.1, 0.15) is 43.9 Å². The van der Waals surface area contributed by atoms with Gasteiger partial charge in [0.05, 0.1) is 21.3 Å². The normalized spacial score (nSPS) is 10.5. The van der Waals surface area contributed by atoms with E-state index >= 15 is 0 Å². The molecule has 0 aliphatic rings. The molecule has 0 N–H and O–H groups in total. The summed E-state index contributed by atoms with van der Waals surface area (Å²) in [5.41, 5.74) is 2.12. The molecule has 0 aliphatic carbocycles. The van der Waals surface area contributed by atoms with E-state index in [1.165, 1.54) is 31.4 Å². The molecule has 0 unspecified atom stereocenters. The lowest BCUT2D eigenvalue weighted by Gasteiger charge is -2.13. The highest BCUT2D eigenvalue weighted by Gasteiger charge is 2.14. The van der Waals surface area contributed by atoms with Crippen molar-refractivity contribution in [2.75, 3.05) is 21.3 Å². The van der Waals surface area contributed by atoms with Crippen LogP contribution in [0.3, 0.4) is 0 Å². The lowest BCUT2D eigenvalue weighted by molar-refractivity contribution is -0.699. The third kappa shape index (κ3) is 6.41. The molecule has 1 aromatic carbocycles. The first kappa shape index (κ1) is 23.3. The highest BCUT2D eigenvalue weighted by Crippen LogP contribution is 2.40. The van der Waals surface area contributed by atoms with Gasteiger partial charge in [-0.1, -0.05) is 19.8 Å². The van der Waals surface area contributed by atoms with Gasteiger partial charge in [0.15, 0.2) is 17.7 Å². The monoisotopic (exact) mass is 484 g/mol. The van der Waals surface area contributed by atoms with Crippen LogP contribution in [0.4, 0.5) is 0 Å². The fraction of sp³-hybridized carbons (Fsp3) is 0.409. The Morgan fingerprint density at radius 3 is 2.30 bits per heavy atom. The summed E-state index contributed by atoms with van der Waals surface area (Å²) >= 11 is 0. The molecule has 0 amide bonds. The van der Waals surface area contributed by atoms with Gasteiger partial charge in [0, 0.05) is 30.2 Å². The van der Waals surface area contributed by atoms with Crippen LogP contribution in [0.25, 0.3) is 12.2 Å². The predicted octanol–water partition coefficient (Wildman–Crippen LogP) is 5.37. The zero-order valence-corrected chi connectivity index (χ0v) is 19.1. The van der Waals surface area contributed by atoms with Crippen molar-refractivity contribution in [1.29, 1.82) is 0 Å². The zero-order valence-electron chi connectivity index (χ0n) is 16.7.